The summed E-state index contributed by atoms with van der Waals surface area (Å²) in [6, 6.07) is 12.4. The Morgan fingerprint density at radius 1 is 1.00 bits per heavy atom. The first kappa shape index (κ1) is 14.5. The van der Waals surface area contributed by atoms with E-state index in [9.17, 15) is 0 Å². The maximum Gasteiger partial charge on any atom is 0.162 e. The Morgan fingerprint density at radius 2 is 1.71 bits per heavy atom. The van der Waals surface area contributed by atoms with Crippen LogP contribution in [-0.4, -0.2) is 14.2 Å². The number of nitrogens with zero attached hydrogens (tertiary/aromatic N) is 1. The molecule has 2 N–H and O–H groups in total. The number of hydrogen-bond donors (Lipinski definition) is 1. The second-order valence-electron chi connectivity index (χ2n) is 4.34. The van der Waals surface area contributed by atoms with Gasteiger partial charge >= 0.3 is 0 Å². The van der Waals surface area contributed by atoms with Crippen LogP contribution in [0.1, 0.15) is 11.1 Å². The smallest absolute Gasteiger partial charge is 0.162 e. The molecular formula is C16H16N2O3. The van der Waals surface area contributed by atoms with E-state index in [1.54, 1.807) is 43.5 Å². The van der Waals surface area contributed by atoms with Gasteiger partial charge in [0.25, 0.3) is 0 Å². The van der Waals surface area contributed by atoms with Gasteiger partial charge in [-0.15, -0.1) is 0 Å². The van der Waals surface area contributed by atoms with Gasteiger partial charge in [0.05, 0.1) is 25.9 Å². The zero-order valence-corrected chi connectivity index (χ0v) is 11.9. The van der Waals surface area contributed by atoms with E-state index in [0.717, 1.165) is 5.56 Å². The molecule has 0 heterocycles. The van der Waals surface area contributed by atoms with Crippen molar-refractivity contribution in [1.82, 2.24) is 0 Å². The molecule has 0 aliphatic heterocycles. The largest absolute Gasteiger partial charge is 0.496 e. The lowest BCUT2D eigenvalue weighted by molar-refractivity contribution is 0.278. The molecule has 0 amide bonds. The van der Waals surface area contributed by atoms with Gasteiger partial charge in [0.2, 0.25) is 0 Å². The first-order valence-corrected chi connectivity index (χ1v) is 6.31. The fraction of sp³-hybridized carbons (Fsp3) is 0.188. The number of ether oxygens (including phenoxy) is 3. The molecule has 21 heavy (non-hydrogen) atoms. The van der Waals surface area contributed by atoms with Gasteiger partial charge in [-0.1, -0.05) is 0 Å². The molecule has 2 rings (SSSR count). The van der Waals surface area contributed by atoms with Crippen LogP contribution in [0.5, 0.6) is 17.2 Å². The Hall–Kier alpha value is -2.87. The van der Waals surface area contributed by atoms with Crippen molar-refractivity contribution in [1.29, 1.82) is 5.26 Å². The second kappa shape index (κ2) is 6.53. The van der Waals surface area contributed by atoms with E-state index < -0.39 is 0 Å². The molecule has 0 aliphatic carbocycles. The van der Waals surface area contributed by atoms with Crippen LogP contribution in [0, 0.1) is 11.3 Å². The third-order valence-corrected chi connectivity index (χ3v) is 2.98. The van der Waals surface area contributed by atoms with Crippen molar-refractivity contribution < 1.29 is 14.2 Å². The molecular weight excluding hydrogens is 268 g/mol. The molecule has 5 heteroatoms. The summed E-state index contributed by atoms with van der Waals surface area (Å²) in [7, 11) is 3.13. The van der Waals surface area contributed by atoms with Gasteiger partial charge in [-0.3, -0.25) is 0 Å². The molecule has 108 valence electrons. The van der Waals surface area contributed by atoms with Crippen molar-refractivity contribution in [3.8, 4) is 23.3 Å². The minimum absolute atomic E-state index is 0.288. The van der Waals surface area contributed by atoms with E-state index in [4.69, 9.17) is 25.2 Å². The molecule has 0 aliphatic rings. The van der Waals surface area contributed by atoms with Gasteiger partial charge in [0, 0.05) is 17.3 Å². The molecule has 0 saturated heterocycles. The SMILES string of the molecule is COc1ccc(N)cc1COc1ccc(C#N)cc1OC. The highest BCUT2D eigenvalue weighted by molar-refractivity contribution is 5.49. The molecule has 0 radical (unpaired) electrons. The van der Waals surface area contributed by atoms with Crippen LogP contribution in [0.25, 0.3) is 0 Å². The van der Waals surface area contributed by atoms with E-state index in [1.165, 1.54) is 7.11 Å². The summed E-state index contributed by atoms with van der Waals surface area (Å²) in [5, 5.41) is 8.88. The lowest BCUT2D eigenvalue weighted by Crippen LogP contribution is -2.01. The molecule has 0 unspecified atom stereocenters. The lowest BCUT2D eigenvalue weighted by Gasteiger charge is -2.13. The standard InChI is InChI=1S/C16H16N2O3/c1-19-14-6-4-13(18)8-12(14)10-21-15-5-3-11(9-17)7-16(15)20-2/h3-8H,10,18H2,1-2H3. The number of anilines is 1. The third kappa shape index (κ3) is 3.37. The average Bonchev–Trinajstić information content (AvgIpc) is 2.52. The van der Waals surface area contributed by atoms with Crippen molar-refractivity contribution in [2.75, 3.05) is 20.0 Å². The molecule has 0 fully saturated rings. The van der Waals surface area contributed by atoms with Gasteiger partial charge in [-0.25, -0.2) is 0 Å². The van der Waals surface area contributed by atoms with Crippen LogP contribution in [-0.2, 0) is 6.61 Å². The van der Waals surface area contributed by atoms with Crippen LogP contribution in [0.4, 0.5) is 5.69 Å². The summed E-state index contributed by atoms with van der Waals surface area (Å²) < 4.78 is 16.2. The normalized spacial score (nSPS) is 9.76. The Labute approximate surface area is 123 Å². The van der Waals surface area contributed by atoms with Crippen LogP contribution >= 0.6 is 0 Å². The topological polar surface area (TPSA) is 77.5 Å². The summed E-state index contributed by atoms with van der Waals surface area (Å²) in [6.07, 6.45) is 0. The number of nitrogens with two attached hydrogens (primary N) is 1. The molecule has 2 aromatic carbocycles. The number of rotatable bonds is 5. The minimum atomic E-state index is 0.288. The summed E-state index contributed by atoms with van der Waals surface area (Å²) >= 11 is 0. The number of methoxy groups -OCH3 is 2. The summed E-state index contributed by atoms with van der Waals surface area (Å²) in [5.41, 5.74) is 7.76. The van der Waals surface area contributed by atoms with Crippen LogP contribution in [0.15, 0.2) is 36.4 Å². The number of nitriles is 1. The van der Waals surface area contributed by atoms with Gasteiger partial charge in [-0.2, -0.15) is 5.26 Å². The highest BCUT2D eigenvalue weighted by atomic mass is 16.5. The van der Waals surface area contributed by atoms with Gasteiger partial charge in [0.1, 0.15) is 12.4 Å². The highest BCUT2D eigenvalue weighted by Gasteiger charge is 2.09. The van der Waals surface area contributed by atoms with Gasteiger partial charge in [0.15, 0.2) is 11.5 Å². The third-order valence-electron chi connectivity index (χ3n) is 2.98. The van der Waals surface area contributed by atoms with E-state index in [2.05, 4.69) is 6.07 Å². The van der Waals surface area contributed by atoms with Crippen molar-refractivity contribution in [3.63, 3.8) is 0 Å². The van der Waals surface area contributed by atoms with Crippen LogP contribution in [0.2, 0.25) is 0 Å². The summed E-state index contributed by atoms with van der Waals surface area (Å²) in [5.74, 6) is 1.77. The maximum absolute atomic E-state index is 8.88. The number of nitrogen functional groups attached to an aromatic ring is 1. The average molecular weight is 284 g/mol. The number of hydrogen-bond acceptors (Lipinski definition) is 5. The zero-order chi connectivity index (χ0) is 15.2. The van der Waals surface area contributed by atoms with Crippen molar-refractivity contribution in [2.45, 2.75) is 6.61 Å². The lowest BCUT2D eigenvalue weighted by atomic mass is 10.2. The first-order valence-electron chi connectivity index (χ1n) is 6.31. The molecule has 0 aromatic heterocycles. The van der Waals surface area contributed by atoms with Gasteiger partial charge in [-0.05, 0) is 30.3 Å². The maximum atomic E-state index is 8.88. The van der Waals surface area contributed by atoms with E-state index in [0.29, 0.717) is 28.5 Å². The molecule has 0 saturated carbocycles. The van der Waals surface area contributed by atoms with E-state index >= 15 is 0 Å². The van der Waals surface area contributed by atoms with Crippen molar-refractivity contribution in [2.24, 2.45) is 0 Å². The molecule has 5 nitrogen and oxygen atoms in total. The van der Waals surface area contributed by atoms with Crippen LogP contribution in [0.3, 0.4) is 0 Å². The Morgan fingerprint density at radius 3 is 2.38 bits per heavy atom. The monoisotopic (exact) mass is 284 g/mol. The summed E-state index contributed by atoms with van der Waals surface area (Å²) in [6.45, 7) is 0.288. The van der Waals surface area contributed by atoms with E-state index in [-0.39, 0.29) is 6.61 Å². The fourth-order valence-corrected chi connectivity index (χ4v) is 1.92. The number of benzene rings is 2. The molecule has 0 bridgehead atoms. The van der Waals surface area contributed by atoms with Crippen molar-refractivity contribution in [3.05, 3.63) is 47.5 Å². The highest BCUT2D eigenvalue weighted by Crippen LogP contribution is 2.30. The zero-order valence-electron chi connectivity index (χ0n) is 11.9. The predicted molar refractivity (Wildman–Crippen MR) is 79.4 cm³/mol. The summed E-state index contributed by atoms with van der Waals surface area (Å²) in [4.78, 5) is 0. The second-order valence-corrected chi connectivity index (χ2v) is 4.34. The van der Waals surface area contributed by atoms with Gasteiger partial charge < -0.3 is 19.9 Å². The van der Waals surface area contributed by atoms with Crippen LogP contribution < -0.4 is 19.9 Å². The minimum Gasteiger partial charge on any atom is -0.496 e. The fourth-order valence-electron chi connectivity index (χ4n) is 1.92. The molecule has 0 atom stereocenters. The molecule has 2 aromatic rings. The Balaban J connectivity index is 2.20. The Bertz CT molecular complexity index is 678. The van der Waals surface area contributed by atoms with E-state index in [1.807, 2.05) is 0 Å². The first-order chi connectivity index (χ1) is 10.2. The molecule has 0 spiro atoms. The quantitative estimate of drug-likeness (QED) is 0.854. The Kier molecular flexibility index (Phi) is 4.52. The predicted octanol–water partition coefficient (Wildman–Crippen LogP) is 2.74. The van der Waals surface area contributed by atoms with Crippen molar-refractivity contribution >= 4 is 5.69 Å².